The minimum Gasteiger partial charge on any atom is -0.341 e. The van der Waals surface area contributed by atoms with Crippen molar-refractivity contribution in [3.8, 4) is 0 Å². The second kappa shape index (κ2) is 7.04. The summed E-state index contributed by atoms with van der Waals surface area (Å²) >= 11 is 6.02. The van der Waals surface area contributed by atoms with E-state index in [0.717, 1.165) is 17.7 Å². The van der Waals surface area contributed by atoms with Crippen molar-refractivity contribution in [3.63, 3.8) is 0 Å². The zero-order chi connectivity index (χ0) is 17.0. The first-order valence-corrected chi connectivity index (χ1v) is 7.28. The van der Waals surface area contributed by atoms with Crippen molar-refractivity contribution in [3.05, 3.63) is 70.2 Å². The maximum atomic E-state index is 12.5. The third-order valence-electron chi connectivity index (χ3n) is 3.43. The summed E-state index contributed by atoms with van der Waals surface area (Å²) in [4.78, 5) is 13.6. The van der Waals surface area contributed by atoms with Crippen molar-refractivity contribution in [2.24, 2.45) is 0 Å². The van der Waals surface area contributed by atoms with Gasteiger partial charge in [-0.15, -0.1) is 0 Å². The van der Waals surface area contributed by atoms with Crippen LogP contribution >= 0.6 is 11.6 Å². The highest BCUT2D eigenvalue weighted by Crippen LogP contribution is 2.29. The van der Waals surface area contributed by atoms with Crippen LogP contribution < -0.4 is 0 Å². The molecule has 1 amide bonds. The first-order chi connectivity index (χ1) is 10.8. The largest absolute Gasteiger partial charge is 0.416 e. The van der Waals surface area contributed by atoms with E-state index in [9.17, 15) is 18.0 Å². The first-order valence-electron chi connectivity index (χ1n) is 6.91. The number of amides is 1. The van der Waals surface area contributed by atoms with Crippen molar-refractivity contribution in [1.29, 1.82) is 0 Å². The normalized spacial score (nSPS) is 11.3. The van der Waals surface area contributed by atoms with Gasteiger partial charge in [0, 0.05) is 18.6 Å². The molecule has 2 aromatic carbocycles. The van der Waals surface area contributed by atoms with E-state index in [1.54, 1.807) is 31.3 Å². The fourth-order valence-electron chi connectivity index (χ4n) is 2.10. The van der Waals surface area contributed by atoms with Gasteiger partial charge in [0.15, 0.2) is 0 Å². The molecule has 2 aromatic rings. The Morgan fingerprint density at radius 1 is 1.09 bits per heavy atom. The van der Waals surface area contributed by atoms with Crippen LogP contribution in [0.3, 0.4) is 0 Å². The number of halogens is 4. The predicted molar refractivity (Wildman–Crippen MR) is 83.1 cm³/mol. The summed E-state index contributed by atoms with van der Waals surface area (Å²) in [6.07, 6.45) is -4.21. The number of nitrogens with zero attached hydrogens (tertiary/aromatic N) is 1. The van der Waals surface area contributed by atoms with Crippen molar-refractivity contribution in [2.75, 3.05) is 7.05 Å². The Bertz CT molecular complexity index is 683. The van der Waals surface area contributed by atoms with Gasteiger partial charge in [0.05, 0.1) is 12.0 Å². The Kier molecular flexibility index (Phi) is 5.31. The minimum atomic E-state index is -4.36. The molecule has 0 radical (unpaired) electrons. The zero-order valence-electron chi connectivity index (χ0n) is 12.4. The van der Waals surface area contributed by atoms with Crippen LogP contribution in [0.5, 0.6) is 0 Å². The lowest BCUT2D eigenvalue weighted by Crippen LogP contribution is -2.27. The van der Waals surface area contributed by atoms with Gasteiger partial charge in [-0.1, -0.05) is 41.9 Å². The molecule has 0 atom stereocenters. The highest BCUT2D eigenvalue weighted by atomic mass is 35.5. The summed E-state index contributed by atoms with van der Waals surface area (Å²) in [5, 5.41) is 0.517. The van der Waals surface area contributed by atoms with Gasteiger partial charge in [0.1, 0.15) is 0 Å². The number of hydrogen-bond donors (Lipinski definition) is 0. The summed E-state index contributed by atoms with van der Waals surface area (Å²) in [6, 6.07) is 11.8. The molecule has 0 aliphatic carbocycles. The maximum Gasteiger partial charge on any atom is 0.416 e. The third-order valence-corrected chi connectivity index (χ3v) is 3.80. The van der Waals surface area contributed by atoms with Crippen molar-refractivity contribution in [2.45, 2.75) is 19.1 Å². The molecule has 0 aromatic heterocycles. The van der Waals surface area contributed by atoms with E-state index in [1.165, 1.54) is 17.0 Å². The average Bonchev–Trinajstić information content (AvgIpc) is 2.49. The van der Waals surface area contributed by atoms with E-state index in [1.807, 2.05) is 0 Å². The summed E-state index contributed by atoms with van der Waals surface area (Å²) < 4.78 is 37.5. The Hall–Kier alpha value is -2.01. The summed E-state index contributed by atoms with van der Waals surface area (Å²) in [5.74, 6) is -0.155. The molecule has 0 unspecified atom stereocenters. The molecule has 0 saturated heterocycles. The SMILES string of the molecule is CN(Cc1ccc(C(F)(F)F)cc1)C(=O)Cc1ccccc1Cl. The van der Waals surface area contributed by atoms with Crippen LogP contribution in [-0.4, -0.2) is 17.9 Å². The fraction of sp³-hybridized carbons (Fsp3) is 0.235. The van der Waals surface area contributed by atoms with E-state index in [2.05, 4.69) is 0 Å². The second-order valence-corrected chi connectivity index (χ2v) is 5.62. The van der Waals surface area contributed by atoms with E-state index in [4.69, 9.17) is 11.6 Å². The molecule has 0 fully saturated rings. The second-order valence-electron chi connectivity index (χ2n) is 5.21. The van der Waals surface area contributed by atoms with Gasteiger partial charge < -0.3 is 4.90 Å². The first kappa shape index (κ1) is 17.3. The maximum absolute atomic E-state index is 12.5. The standard InChI is InChI=1S/C17H15ClF3NO/c1-22(16(23)10-13-4-2-3-5-15(13)18)11-12-6-8-14(9-7-12)17(19,20)21/h2-9H,10-11H2,1H3. The number of benzene rings is 2. The average molecular weight is 342 g/mol. The van der Waals surface area contributed by atoms with Gasteiger partial charge in [-0.3, -0.25) is 4.79 Å². The molecule has 2 nitrogen and oxygen atoms in total. The summed E-state index contributed by atoms with van der Waals surface area (Å²) in [7, 11) is 1.61. The smallest absolute Gasteiger partial charge is 0.341 e. The molecule has 0 saturated carbocycles. The van der Waals surface area contributed by atoms with Crippen LogP contribution in [0, 0.1) is 0 Å². The number of rotatable bonds is 4. The Balaban J connectivity index is 2.00. The minimum absolute atomic E-state index is 0.150. The van der Waals surface area contributed by atoms with Crippen LogP contribution in [0.4, 0.5) is 13.2 Å². The topological polar surface area (TPSA) is 20.3 Å². The van der Waals surface area contributed by atoms with Crippen molar-refractivity contribution < 1.29 is 18.0 Å². The van der Waals surface area contributed by atoms with Crippen LogP contribution in [-0.2, 0) is 23.9 Å². The highest BCUT2D eigenvalue weighted by Gasteiger charge is 2.29. The van der Waals surface area contributed by atoms with Gasteiger partial charge in [0.25, 0.3) is 0 Å². The summed E-state index contributed by atoms with van der Waals surface area (Å²) in [6.45, 7) is 0.238. The number of likely N-dealkylation sites (N-methyl/N-ethyl adjacent to an activating group) is 1. The van der Waals surface area contributed by atoms with Gasteiger partial charge in [-0.2, -0.15) is 13.2 Å². The van der Waals surface area contributed by atoms with Crippen LogP contribution in [0.2, 0.25) is 5.02 Å². The third kappa shape index (κ3) is 4.73. The van der Waals surface area contributed by atoms with Gasteiger partial charge in [-0.25, -0.2) is 0 Å². The molecule has 0 aliphatic heterocycles. The van der Waals surface area contributed by atoms with Crippen molar-refractivity contribution in [1.82, 2.24) is 4.90 Å². The predicted octanol–water partition coefficient (Wildman–Crippen LogP) is 4.56. The number of alkyl halides is 3. The van der Waals surface area contributed by atoms with Gasteiger partial charge in [-0.05, 0) is 29.3 Å². The van der Waals surface area contributed by atoms with E-state index >= 15 is 0 Å². The van der Waals surface area contributed by atoms with E-state index in [0.29, 0.717) is 10.6 Å². The van der Waals surface area contributed by atoms with E-state index in [-0.39, 0.29) is 18.9 Å². The molecule has 6 heteroatoms. The highest BCUT2D eigenvalue weighted by molar-refractivity contribution is 6.31. The van der Waals surface area contributed by atoms with Crippen molar-refractivity contribution >= 4 is 17.5 Å². The number of carbonyl (C=O) groups is 1. The molecule has 0 heterocycles. The molecule has 0 aliphatic rings. The Morgan fingerprint density at radius 3 is 2.26 bits per heavy atom. The lowest BCUT2D eigenvalue weighted by molar-refractivity contribution is -0.137. The summed E-state index contributed by atoms with van der Waals surface area (Å²) in [5.41, 5.74) is 0.651. The monoisotopic (exact) mass is 341 g/mol. The molecule has 0 bridgehead atoms. The Labute approximate surface area is 137 Å². The number of hydrogen-bond acceptors (Lipinski definition) is 1. The lowest BCUT2D eigenvalue weighted by Gasteiger charge is -2.18. The molecular weight excluding hydrogens is 327 g/mol. The molecule has 0 N–H and O–H groups in total. The molecule has 122 valence electrons. The lowest BCUT2D eigenvalue weighted by atomic mass is 10.1. The van der Waals surface area contributed by atoms with Crippen LogP contribution in [0.1, 0.15) is 16.7 Å². The molecule has 23 heavy (non-hydrogen) atoms. The number of carbonyl (C=O) groups excluding carboxylic acids is 1. The molecule has 0 spiro atoms. The van der Waals surface area contributed by atoms with Crippen LogP contribution in [0.25, 0.3) is 0 Å². The zero-order valence-corrected chi connectivity index (χ0v) is 13.2. The van der Waals surface area contributed by atoms with Gasteiger partial charge in [0.2, 0.25) is 5.91 Å². The molecular formula is C17H15ClF3NO. The van der Waals surface area contributed by atoms with Crippen LogP contribution in [0.15, 0.2) is 48.5 Å². The fourth-order valence-corrected chi connectivity index (χ4v) is 2.30. The quantitative estimate of drug-likeness (QED) is 0.798. The molecule has 2 rings (SSSR count). The van der Waals surface area contributed by atoms with E-state index < -0.39 is 11.7 Å². The Morgan fingerprint density at radius 2 is 1.70 bits per heavy atom. The van der Waals surface area contributed by atoms with Gasteiger partial charge >= 0.3 is 6.18 Å².